The van der Waals surface area contributed by atoms with Crippen LogP contribution in [0.15, 0.2) is 42.5 Å². The predicted molar refractivity (Wildman–Crippen MR) is 73.7 cm³/mol. The first-order valence-corrected chi connectivity index (χ1v) is 6.36. The molecule has 1 unspecified atom stereocenters. The van der Waals surface area contributed by atoms with Crippen LogP contribution >= 0.6 is 11.6 Å². The molecule has 0 aliphatic carbocycles. The van der Waals surface area contributed by atoms with Gasteiger partial charge in [0.25, 0.3) is 5.91 Å². The fourth-order valence-corrected chi connectivity index (χ4v) is 1.91. The Hall–Kier alpha value is -1.94. The Morgan fingerprint density at radius 1 is 1.15 bits per heavy atom. The molecule has 5 heteroatoms. The summed E-state index contributed by atoms with van der Waals surface area (Å²) < 4.78 is 26.5. The van der Waals surface area contributed by atoms with E-state index in [2.05, 4.69) is 5.32 Å². The van der Waals surface area contributed by atoms with Crippen molar-refractivity contribution in [3.63, 3.8) is 0 Å². The lowest BCUT2D eigenvalue weighted by molar-refractivity contribution is 0.0935. The predicted octanol–water partition coefficient (Wildman–Crippen LogP) is 4.11. The minimum atomic E-state index is -0.757. The number of amides is 1. The summed E-state index contributed by atoms with van der Waals surface area (Å²) >= 11 is 5.78. The molecule has 0 spiro atoms. The van der Waals surface area contributed by atoms with E-state index in [1.54, 1.807) is 31.2 Å². The summed E-state index contributed by atoms with van der Waals surface area (Å²) in [5.74, 6) is -2.08. The van der Waals surface area contributed by atoms with Gasteiger partial charge < -0.3 is 5.32 Å². The second-order valence-electron chi connectivity index (χ2n) is 4.37. The van der Waals surface area contributed by atoms with Crippen LogP contribution < -0.4 is 5.32 Å². The number of hydrogen-bond acceptors (Lipinski definition) is 1. The van der Waals surface area contributed by atoms with Crippen LogP contribution in [0.4, 0.5) is 8.78 Å². The molecule has 1 N–H and O–H groups in total. The van der Waals surface area contributed by atoms with Gasteiger partial charge in [0, 0.05) is 5.02 Å². The molecule has 0 radical (unpaired) electrons. The zero-order valence-electron chi connectivity index (χ0n) is 10.7. The summed E-state index contributed by atoms with van der Waals surface area (Å²) in [7, 11) is 0. The molecule has 2 rings (SSSR count). The Morgan fingerprint density at radius 3 is 2.45 bits per heavy atom. The number of hydrogen-bond donors (Lipinski definition) is 1. The third kappa shape index (κ3) is 3.33. The van der Waals surface area contributed by atoms with Crippen LogP contribution in [0.1, 0.15) is 28.9 Å². The molecule has 2 nitrogen and oxygen atoms in total. The molecule has 0 saturated carbocycles. The summed E-state index contributed by atoms with van der Waals surface area (Å²) in [6.45, 7) is 1.75. The second kappa shape index (κ2) is 6.01. The molecule has 2 aromatic rings. The Morgan fingerprint density at radius 2 is 1.80 bits per heavy atom. The largest absolute Gasteiger partial charge is 0.345 e. The normalized spacial score (nSPS) is 12.0. The zero-order chi connectivity index (χ0) is 14.7. The van der Waals surface area contributed by atoms with E-state index in [1.165, 1.54) is 0 Å². The van der Waals surface area contributed by atoms with Gasteiger partial charge in [0.1, 0.15) is 11.6 Å². The molecule has 1 atom stereocenters. The highest BCUT2D eigenvalue weighted by molar-refractivity contribution is 6.30. The summed E-state index contributed by atoms with van der Waals surface area (Å²) in [6, 6.07) is 9.34. The van der Waals surface area contributed by atoms with Crippen LogP contribution in [0.5, 0.6) is 0 Å². The summed E-state index contributed by atoms with van der Waals surface area (Å²) in [4.78, 5) is 11.9. The lowest BCUT2D eigenvalue weighted by Crippen LogP contribution is -2.27. The van der Waals surface area contributed by atoms with Crippen molar-refractivity contribution in [3.8, 4) is 0 Å². The van der Waals surface area contributed by atoms with Gasteiger partial charge in [-0.3, -0.25) is 4.79 Å². The number of rotatable bonds is 3. The maximum Gasteiger partial charge on any atom is 0.254 e. The molecule has 0 aliphatic heterocycles. The quantitative estimate of drug-likeness (QED) is 0.907. The monoisotopic (exact) mass is 295 g/mol. The maximum atomic E-state index is 13.5. The first-order valence-electron chi connectivity index (χ1n) is 5.99. The van der Waals surface area contributed by atoms with Crippen molar-refractivity contribution >= 4 is 17.5 Å². The highest BCUT2D eigenvalue weighted by Gasteiger charge is 2.15. The van der Waals surface area contributed by atoms with Crippen LogP contribution in [0, 0.1) is 11.6 Å². The number of halogens is 3. The van der Waals surface area contributed by atoms with E-state index in [9.17, 15) is 13.6 Å². The summed E-state index contributed by atoms with van der Waals surface area (Å²) in [6.07, 6.45) is 0. The van der Waals surface area contributed by atoms with Crippen LogP contribution in [0.3, 0.4) is 0 Å². The molecule has 104 valence electrons. The maximum absolute atomic E-state index is 13.5. The molecule has 0 bridgehead atoms. The van der Waals surface area contributed by atoms with Crippen molar-refractivity contribution in [1.82, 2.24) is 5.32 Å². The van der Waals surface area contributed by atoms with Crippen LogP contribution in [0.2, 0.25) is 5.02 Å². The number of carbonyl (C=O) groups is 1. The fraction of sp³-hybridized carbons (Fsp3) is 0.133. The Kier molecular flexibility index (Phi) is 4.35. The van der Waals surface area contributed by atoms with Crippen molar-refractivity contribution in [2.24, 2.45) is 0 Å². The van der Waals surface area contributed by atoms with Crippen LogP contribution in [-0.4, -0.2) is 5.91 Å². The SMILES string of the molecule is CC(NC(=O)c1cc(F)ccc1F)c1ccc(Cl)cc1. The second-order valence-corrected chi connectivity index (χ2v) is 4.81. The van der Waals surface area contributed by atoms with E-state index >= 15 is 0 Å². The minimum Gasteiger partial charge on any atom is -0.345 e. The fourth-order valence-electron chi connectivity index (χ4n) is 1.78. The third-order valence-corrected chi connectivity index (χ3v) is 3.14. The average Bonchev–Trinajstić information content (AvgIpc) is 2.42. The standard InChI is InChI=1S/C15H12ClF2NO/c1-9(10-2-4-11(16)5-3-10)19-15(20)13-8-12(17)6-7-14(13)18/h2-9H,1H3,(H,19,20). The molecule has 0 fully saturated rings. The molecule has 0 saturated heterocycles. The molecule has 0 aliphatic rings. The summed E-state index contributed by atoms with van der Waals surface area (Å²) in [5.41, 5.74) is 0.505. The minimum absolute atomic E-state index is 0.314. The van der Waals surface area contributed by atoms with Gasteiger partial charge in [0.2, 0.25) is 0 Å². The Bertz CT molecular complexity index is 628. The Balaban J connectivity index is 2.15. The Labute approximate surface area is 120 Å². The van der Waals surface area contributed by atoms with E-state index in [-0.39, 0.29) is 11.6 Å². The van der Waals surface area contributed by atoms with E-state index in [0.29, 0.717) is 5.02 Å². The highest BCUT2D eigenvalue weighted by atomic mass is 35.5. The number of carbonyl (C=O) groups excluding carboxylic acids is 1. The van der Waals surface area contributed by atoms with E-state index in [4.69, 9.17) is 11.6 Å². The molecule has 1 amide bonds. The molecule has 20 heavy (non-hydrogen) atoms. The molecule has 2 aromatic carbocycles. The zero-order valence-corrected chi connectivity index (χ0v) is 11.4. The summed E-state index contributed by atoms with van der Waals surface area (Å²) in [5, 5.41) is 3.20. The van der Waals surface area contributed by atoms with Gasteiger partial charge in [-0.2, -0.15) is 0 Å². The first kappa shape index (κ1) is 14.5. The molecule has 0 aromatic heterocycles. The molecule has 0 heterocycles. The van der Waals surface area contributed by atoms with Crippen molar-refractivity contribution in [2.45, 2.75) is 13.0 Å². The molecular weight excluding hydrogens is 284 g/mol. The first-order chi connectivity index (χ1) is 9.47. The van der Waals surface area contributed by atoms with Crippen LogP contribution in [-0.2, 0) is 0 Å². The smallest absolute Gasteiger partial charge is 0.254 e. The van der Waals surface area contributed by atoms with Gasteiger partial charge >= 0.3 is 0 Å². The average molecular weight is 296 g/mol. The van der Waals surface area contributed by atoms with E-state index in [1.807, 2.05) is 0 Å². The van der Waals surface area contributed by atoms with Gasteiger partial charge in [-0.1, -0.05) is 23.7 Å². The van der Waals surface area contributed by atoms with Gasteiger partial charge in [-0.15, -0.1) is 0 Å². The van der Waals surface area contributed by atoms with E-state index in [0.717, 1.165) is 23.8 Å². The third-order valence-electron chi connectivity index (χ3n) is 2.89. The van der Waals surface area contributed by atoms with Crippen molar-refractivity contribution in [2.75, 3.05) is 0 Å². The lowest BCUT2D eigenvalue weighted by Gasteiger charge is -2.14. The topological polar surface area (TPSA) is 29.1 Å². The number of nitrogens with one attached hydrogen (secondary N) is 1. The van der Waals surface area contributed by atoms with Gasteiger partial charge in [0.15, 0.2) is 0 Å². The van der Waals surface area contributed by atoms with Gasteiger partial charge in [0.05, 0.1) is 11.6 Å². The highest BCUT2D eigenvalue weighted by Crippen LogP contribution is 2.17. The van der Waals surface area contributed by atoms with Crippen molar-refractivity contribution < 1.29 is 13.6 Å². The van der Waals surface area contributed by atoms with E-state index < -0.39 is 17.5 Å². The lowest BCUT2D eigenvalue weighted by atomic mass is 10.1. The van der Waals surface area contributed by atoms with Crippen LogP contribution in [0.25, 0.3) is 0 Å². The molecular formula is C15H12ClF2NO. The van der Waals surface area contributed by atoms with Gasteiger partial charge in [-0.05, 0) is 42.8 Å². The number of benzene rings is 2. The van der Waals surface area contributed by atoms with Crippen molar-refractivity contribution in [1.29, 1.82) is 0 Å². The van der Waals surface area contributed by atoms with Gasteiger partial charge in [-0.25, -0.2) is 8.78 Å². The van der Waals surface area contributed by atoms with Crippen molar-refractivity contribution in [3.05, 3.63) is 70.2 Å².